The quantitative estimate of drug-likeness (QED) is 0.720. The molecule has 4 nitrogen and oxygen atoms in total. The van der Waals surface area contributed by atoms with Crippen LogP contribution in [0.1, 0.15) is 26.7 Å². The Bertz CT molecular complexity index is 230. The van der Waals surface area contributed by atoms with Crippen LogP contribution in [0.2, 0.25) is 0 Å². The highest BCUT2D eigenvalue weighted by Crippen LogP contribution is 2.17. The van der Waals surface area contributed by atoms with Crippen LogP contribution in [0.4, 0.5) is 0 Å². The second kappa shape index (κ2) is 6.21. The second-order valence-corrected chi connectivity index (χ2v) is 5.10. The molecule has 0 radical (unpaired) electrons. The largest absolute Gasteiger partial charge is 0.344 e. The SMILES string of the molecule is CC(C)CN(CCCN)C1CCN(C)C1=O. The maximum Gasteiger partial charge on any atom is 0.239 e. The summed E-state index contributed by atoms with van der Waals surface area (Å²) in [7, 11) is 1.89. The van der Waals surface area contributed by atoms with Gasteiger partial charge in [-0.05, 0) is 25.3 Å². The van der Waals surface area contributed by atoms with Gasteiger partial charge in [0.1, 0.15) is 0 Å². The van der Waals surface area contributed by atoms with Gasteiger partial charge in [0.25, 0.3) is 0 Å². The summed E-state index contributed by atoms with van der Waals surface area (Å²) in [6.45, 7) is 7.91. The third kappa shape index (κ3) is 3.46. The number of nitrogens with zero attached hydrogens (tertiary/aromatic N) is 2. The third-order valence-electron chi connectivity index (χ3n) is 3.09. The van der Waals surface area contributed by atoms with Gasteiger partial charge in [0.2, 0.25) is 5.91 Å². The molecular formula is C12H25N3O. The lowest BCUT2D eigenvalue weighted by Crippen LogP contribution is -2.43. The van der Waals surface area contributed by atoms with E-state index in [0.29, 0.717) is 12.5 Å². The Kier molecular flexibility index (Phi) is 5.22. The average Bonchev–Trinajstić information content (AvgIpc) is 2.54. The summed E-state index contributed by atoms with van der Waals surface area (Å²) in [6, 6.07) is 0.0962. The van der Waals surface area contributed by atoms with E-state index in [2.05, 4.69) is 18.7 Å². The van der Waals surface area contributed by atoms with Crippen LogP contribution >= 0.6 is 0 Å². The molecule has 1 unspecified atom stereocenters. The van der Waals surface area contributed by atoms with Crippen molar-refractivity contribution in [1.82, 2.24) is 9.80 Å². The van der Waals surface area contributed by atoms with Crippen LogP contribution in [-0.2, 0) is 4.79 Å². The summed E-state index contributed by atoms with van der Waals surface area (Å²) in [5.74, 6) is 0.870. The van der Waals surface area contributed by atoms with E-state index in [9.17, 15) is 4.79 Å². The molecule has 94 valence electrons. The summed E-state index contributed by atoms with van der Waals surface area (Å²) < 4.78 is 0. The Hall–Kier alpha value is -0.610. The molecule has 0 aliphatic carbocycles. The van der Waals surface area contributed by atoms with E-state index in [-0.39, 0.29) is 11.9 Å². The molecule has 1 saturated heterocycles. The van der Waals surface area contributed by atoms with Crippen molar-refractivity contribution < 1.29 is 4.79 Å². The molecule has 4 heteroatoms. The van der Waals surface area contributed by atoms with Gasteiger partial charge in [-0.1, -0.05) is 13.8 Å². The third-order valence-corrected chi connectivity index (χ3v) is 3.09. The number of hydrogen-bond acceptors (Lipinski definition) is 3. The minimum absolute atomic E-state index is 0.0962. The van der Waals surface area contributed by atoms with Crippen LogP contribution in [0, 0.1) is 5.92 Å². The fourth-order valence-corrected chi connectivity index (χ4v) is 2.28. The molecule has 0 aromatic carbocycles. The monoisotopic (exact) mass is 227 g/mol. The van der Waals surface area contributed by atoms with E-state index in [0.717, 1.165) is 32.5 Å². The van der Waals surface area contributed by atoms with Gasteiger partial charge >= 0.3 is 0 Å². The normalized spacial score (nSPS) is 21.5. The summed E-state index contributed by atoms with van der Waals surface area (Å²) in [5.41, 5.74) is 5.55. The fourth-order valence-electron chi connectivity index (χ4n) is 2.28. The molecule has 1 rings (SSSR count). The van der Waals surface area contributed by atoms with E-state index < -0.39 is 0 Å². The lowest BCUT2D eigenvalue weighted by Gasteiger charge is -2.29. The van der Waals surface area contributed by atoms with Crippen LogP contribution < -0.4 is 5.73 Å². The molecule has 0 aromatic rings. The predicted molar refractivity (Wildman–Crippen MR) is 66.1 cm³/mol. The second-order valence-electron chi connectivity index (χ2n) is 5.10. The van der Waals surface area contributed by atoms with Crippen LogP contribution in [0.15, 0.2) is 0 Å². The Morgan fingerprint density at radius 3 is 2.69 bits per heavy atom. The van der Waals surface area contributed by atoms with Crippen molar-refractivity contribution in [2.24, 2.45) is 11.7 Å². The molecular weight excluding hydrogens is 202 g/mol. The first-order valence-electron chi connectivity index (χ1n) is 6.25. The molecule has 0 bridgehead atoms. The van der Waals surface area contributed by atoms with Gasteiger partial charge in [-0.15, -0.1) is 0 Å². The number of likely N-dealkylation sites (N-methyl/N-ethyl adjacent to an activating group) is 1. The zero-order chi connectivity index (χ0) is 12.1. The minimum Gasteiger partial charge on any atom is -0.344 e. The summed E-state index contributed by atoms with van der Waals surface area (Å²) >= 11 is 0. The maximum atomic E-state index is 11.9. The molecule has 1 atom stereocenters. The number of carbonyl (C=O) groups is 1. The van der Waals surface area contributed by atoms with Crippen LogP contribution in [0.5, 0.6) is 0 Å². The molecule has 0 saturated carbocycles. The molecule has 1 heterocycles. The number of nitrogens with two attached hydrogens (primary N) is 1. The average molecular weight is 227 g/mol. The summed E-state index contributed by atoms with van der Waals surface area (Å²) in [4.78, 5) is 16.1. The molecule has 16 heavy (non-hydrogen) atoms. The first kappa shape index (κ1) is 13.5. The molecule has 2 N–H and O–H groups in total. The van der Waals surface area contributed by atoms with Crippen molar-refractivity contribution in [3.63, 3.8) is 0 Å². The van der Waals surface area contributed by atoms with E-state index in [1.54, 1.807) is 0 Å². The highest BCUT2D eigenvalue weighted by atomic mass is 16.2. The highest BCUT2D eigenvalue weighted by Gasteiger charge is 2.33. The van der Waals surface area contributed by atoms with Crippen LogP contribution in [0.25, 0.3) is 0 Å². The number of carbonyl (C=O) groups excluding carboxylic acids is 1. The number of likely N-dealkylation sites (tertiary alicyclic amines) is 1. The van der Waals surface area contributed by atoms with Crippen molar-refractivity contribution >= 4 is 5.91 Å². The van der Waals surface area contributed by atoms with Crippen LogP contribution in [-0.4, -0.2) is 55.0 Å². The molecule has 0 aromatic heterocycles. The first-order valence-corrected chi connectivity index (χ1v) is 6.25. The maximum absolute atomic E-state index is 11.9. The van der Waals surface area contributed by atoms with Gasteiger partial charge in [0, 0.05) is 26.7 Å². The zero-order valence-corrected chi connectivity index (χ0v) is 10.8. The lowest BCUT2D eigenvalue weighted by molar-refractivity contribution is -0.131. The van der Waals surface area contributed by atoms with Crippen molar-refractivity contribution in [3.8, 4) is 0 Å². The van der Waals surface area contributed by atoms with Gasteiger partial charge in [-0.2, -0.15) is 0 Å². The van der Waals surface area contributed by atoms with Crippen molar-refractivity contribution in [2.45, 2.75) is 32.7 Å². The fraction of sp³-hybridized carbons (Fsp3) is 0.917. The number of rotatable bonds is 6. The minimum atomic E-state index is 0.0962. The highest BCUT2D eigenvalue weighted by molar-refractivity contribution is 5.83. The van der Waals surface area contributed by atoms with Crippen LogP contribution in [0.3, 0.4) is 0 Å². The topological polar surface area (TPSA) is 49.6 Å². The van der Waals surface area contributed by atoms with Crippen molar-refractivity contribution in [2.75, 3.05) is 33.2 Å². The van der Waals surface area contributed by atoms with Crippen molar-refractivity contribution in [3.05, 3.63) is 0 Å². The van der Waals surface area contributed by atoms with Gasteiger partial charge in [-0.3, -0.25) is 9.69 Å². The van der Waals surface area contributed by atoms with E-state index >= 15 is 0 Å². The van der Waals surface area contributed by atoms with Gasteiger partial charge in [0.05, 0.1) is 6.04 Å². The van der Waals surface area contributed by atoms with Crippen molar-refractivity contribution in [1.29, 1.82) is 0 Å². The van der Waals surface area contributed by atoms with E-state index in [1.165, 1.54) is 0 Å². The Morgan fingerprint density at radius 1 is 1.56 bits per heavy atom. The molecule has 0 spiro atoms. The Morgan fingerprint density at radius 2 is 2.25 bits per heavy atom. The van der Waals surface area contributed by atoms with Gasteiger partial charge in [-0.25, -0.2) is 0 Å². The van der Waals surface area contributed by atoms with Gasteiger partial charge in [0.15, 0.2) is 0 Å². The molecule has 1 amide bonds. The molecule has 1 fully saturated rings. The summed E-state index contributed by atoms with van der Waals surface area (Å²) in [5, 5.41) is 0. The van der Waals surface area contributed by atoms with Gasteiger partial charge < -0.3 is 10.6 Å². The van der Waals surface area contributed by atoms with E-state index in [4.69, 9.17) is 5.73 Å². The zero-order valence-electron chi connectivity index (χ0n) is 10.8. The Labute approximate surface area is 98.8 Å². The van der Waals surface area contributed by atoms with E-state index in [1.807, 2.05) is 11.9 Å². The molecule has 1 aliphatic rings. The first-order chi connectivity index (χ1) is 7.56. The standard InChI is InChI=1S/C12H25N3O/c1-10(2)9-15(7-4-6-13)11-5-8-14(3)12(11)16/h10-11H,4-9,13H2,1-3H3. The smallest absolute Gasteiger partial charge is 0.239 e. The number of hydrogen-bond donors (Lipinski definition) is 1. The number of amides is 1. The lowest BCUT2D eigenvalue weighted by atomic mass is 10.1. The molecule has 1 aliphatic heterocycles. The predicted octanol–water partition coefficient (Wildman–Crippen LogP) is 0.524. The summed E-state index contributed by atoms with van der Waals surface area (Å²) in [6.07, 6.45) is 1.94. The Balaban J connectivity index is 2.57.